The predicted octanol–water partition coefficient (Wildman–Crippen LogP) is 3.20. The minimum absolute atomic E-state index is 0.610. The molecular formula is C13H12BrN5. The smallest absolute Gasteiger partial charge is 0.150 e. The normalized spacial score (nSPS) is 9.79. The molecule has 1 aromatic heterocycles. The molecule has 0 aliphatic heterocycles. The number of nitrogens with zero attached hydrogens (tertiary/aromatic N) is 3. The lowest BCUT2D eigenvalue weighted by Crippen LogP contribution is -2.02. The molecule has 1 heterocycles. The van der Waals surface area contributed by atoms with E-state index in [1.165, 1.54) is 6.33 Å². The molecule has 0 saturated heterocycles. The van der Waals surface area contributed by atoms with Crippen LogP contribution in [0.15, 0.2) is 29.0 Å². The Labute approximate surface area is 119 Å². The van der Waals surface area contributed by atoms with Crippen molar-refractivity contribution in [1.82, 2.24) is 9.97 Å². The van der Waals surface area contributed by atoms with Crippen LogP contribution in [0.4, 0.5) is 17.3 Å². The van der Waals surface area contributed by atoms with Gasteiger partial charge in [-0.1, -0.05) is 12.1 Å². The number of nitriles is 1. The third kappa shape index (κ3) is 2.66. The van der Waals surface area contributed by atoms with Crippen molar-refractivity contribution in [1.29, 1.82) is 5.26 Å². The van der Waals surface area contributed by atoms with Crippen molar-refractivity contribution in [2.24, 2.45) is 0 Å². The van der Waals surface area contributed by atoms with Crippen molar-refractivity contribution in [3.8, 4) is 6.07 Å². The summed E-state index contributed by atoms with van der Waals surface area (Å²) in [5, 5.41) is 15.3. The van der Waals surface area contributed by atoms with Crippen molar-refractivity contribution >= 4 is 33.3 Å². The maximum atomic E-state index is 9.20. The van der Waals surface area contributed by atoms with Gasteiger partial charge in [-0.05, 0) is 34.5 Å². The SMILES string of the molecule is CNc1ncnc(Nc2cccc(C)c2C#N)c1Br. The van der Waals surface area contributed by atoms with Gasteiger partial charge in [0.2, 0.25) is 0 Å². The molecule has 2 aromatic rings. The van der Waals surface area contributed by atoms with Crippen LogP contribution >= 0.6 is 15.9 Å². The molecule has 6 heteroatoms. The van der Waals surface area contributed by atoms with Crippen molar-refractivity contribution in [2.75, 3.05) is 17.7 Å². The summed E-state index contributed by atoms with van der Waals surface area (Å²) in [6, 6.07) is 7.84. The molecule has 19 heavy (non-hydrogen) atoms. The molecule has 0 aliphatic carbocycles. The molecule has 0 amide bonds. The first-order chi connectivity index (χ1) is 9.17. The molecule has 1 aromatic carbocycles. The Morgan fingerprint density at radius 1 is 1.26 bits per heavy atom. The Morgan fingerprint density at radius 3 is 2.68 bits per heavy atom. The van der Waals surface area contributed by atoms with Crippen LogP contribution in [-0.2, 0) is 0 Å². The van der Waals surface area contributed by atoms with Gasteiger partial charge in [0, 0.05) is 7.05 Å². The van der Waals surface area contributed by atoms with Crippen LogP contribution in [0.25, 0.3) is 0 Å². The minimum Gasteiger partial charge on any atom is -0.372 e. The summed E-state index contributed by atoms with van der Waals surface area (Å²) in [7, 11) is 1.78. The van der Waals surface area contributed by atoms with Crippen molar-refractivity contribution in [2.45, 2.75) is 6.92 Å². The van der Waals surface area contributed by atoms with Gasteiger partial charge in [-0.3, -0.25) is 0 Å². The van der Waals surface area contributed by atoms with E-state index in [4.69, 9.17) is 0 Å². The highest BCUT2D eigenvalue weighted by molar-refractivity contribution is 9.10. The first kappa shape index (κ1) is 13.3. The van der Waals surface area contributed by atoms with Gasteiger partial charge in [0.25, 0.3) is 0 Å². The van der Waals surface area contributed by atoms with E-state index in [-0.39, 0.29) is 0 Å². The van der Waals surface area contributed by atoms with Gasteiger partial charge in [0.1, 0.15) is 28.5 Å². The number of aromatic nitrogens is 2. The van der Waals surface area contributed by atoms with E-state index in [0.29, 0.717) is 17.2 Å². The number of aryl methyl sites for hydroxylation is 1. The number of nitrogens with one attached hydrogen (secondary N) is 2. The van der Waals surface area contributed by atoms with Crippen LogP contribution in [0.1, 0.15) is 11.1 Å². The van der Waals surface area contributed by atoms with Crippen LogP contribution in [0.2, 0.25) is 0 Å². The summed E-state index contributed by atoms with van der Waals surface area (Å²) in [4.78, 5) is 8.25. The molecule has 0 bridgehead atoms. The van der Waals surface area contributed by atoms with E-state index < -0.39 is 0 Å². The van der Waals surface area contributed by atoms with Crippen molar-refractivity contribution in [3.05, 3.63) is 40.1 Å². The van der Waals surface area contributed by atoms with E-state index in [9.17, 15) is 5.26 Å². The number of hydrogen-bond acceptors (Lipinski definition) is 5. The molecule has 0 saturated carbocycles. The van der Waals surface area contributed by atoms with Crippen LogP contribution < -0.4 is 10.6 Å². The van der Waals surface area contributed by atoms with Crippen LogP contribution in [0.3, 0.4) is 0 Å². The molecule has 0 atom stereocenters. The third-order valence-electron chi connectivity index (χ3n) is 2.66. The molecule has 2 N–H and O–H groups in total. The molecule has 0 aliphatic rings. The molecule has 2 rings (SSSR count). The zero-order valence-corrected chi connectivity index (χ0v) is 12.1. The maximum absolute atomic E-state index is 9.20. The molecular weight excluding hydrogens is 306 g/mol. The topological polar surface area (TPSA) is 73.6 Å². The number of rotatable bonds is 3. The molecule has 5 nitrogen and oxygen atoms in total. The highest BCUT2D eigenvalue weighted by Gasteiger charge is 2.10. The summed E-state index contributed by atoms with van der Waals surface area (Å²) in [5.41, 5.74) is 2.26. The summed E-state index contributed by atoms with van der Waals surface area (Å²) >= 11 is 3.43. The Bertz CT molecular complexity index is 648. The predicted molar refractivity (Wildman–Crippen MR) is 78.5 cm³/mol. The van der Waals surface area contributed by atoms with Crippen molar-refractivity contribution < 1.29 is 0 Å². The molecule has 0 fully saturated rings. The van der Waals surface area contributed by atoms with Gasteiger partial charge in [0.05, 0.1) is 11.3 Å². The highest BCUT2D eigenvalue weighted by Crippen LogP contribution is 2.30. The second kappa shape index (κ2) is 5.67. The second-order valence-electron chi connectivity index (χ2n) is 3.87. The van der Waals surface area contributed by atoms with E-state index in [2.05, 4.69) is 42.6 Å². The molecule has 0 unspecified atom stereocenters. The largest absolute Gasteiger partial charge is 0.372 e. The van der Waals surface area contributed by atoms with Crippen LogP contribution in [-0.4, -0.2) is 17.0 Å². The zero-order chi connectivity index (χ0) is 13.8. The summed E-state index contributed by atoms with van der Waals surface area (Å²) < 4.78 is 0.725. The summed E-state index contributed by atoms with van der Waals surface area (Å²) in [5.74, 6) is 1.30. The lowest BCUT2D eigenvalue weighted by atomic mass is 10.1. The minimum atomic E-state index is 0.610. The zero-order valence-electron chi connectivity index (χ0n) is 10.5. The molecule has 0 spiro atoms. The van der Waals surface area contributed by atoms with Gasteiger partial charge in [0.15, 0.2) is 0 Å². The van der Waals surface area contributed by atoms with E-state index in [1.54, 1.807) is 7.05 Å². The third-order valence-corrected chi connectivity index (χ3v) is 3.42. The number of benzene rings is 1. The lowest BCUT2D eigenvalue weighted by molar-refractivity contribution is 1.14. The number of halogens is 1. The van der Waals surface area contributed by atoms with Gasteiger partial charge < -0.3 is 10.6 Å². The Morgan fingerprint density at radius 2 is 2.00 bits per heavy atom. The lowest BCUT2D eigenvalue weighted by Gasteiger charge is -2.11. The molecule has 0 radical (unpaired) electrons. The van der Waals surface area contributed by atoms with Gasteiger partial charge in [-0.25, -0.2) is 9.97 Å². The maximum Gasteiger partial charge on any atom is 0.150 e. The standard InChI is InChI=1S/C13H12BrN5/c1-8-4-3-5-10(9(8)6-15)19-13-11(14)12(16-2)17-7-18-13/h3-5,7H,1-2H3,(H2,16,17,18,19). The molecule has 96 valence electrons. The fourth-order valence-corrected chi connectivity index (χ4v) is 2.18. The van der Waals surface area contributed by atoms with Gasteiger partial charge >= 0.3 is 0 Å². The Kier molecular flexibility index (Phi) is 3.97. The van der Waals surface area contributed by atoms with Crippen LogP contribution in [0.5, 0.6) is 0 Å². The van der Waals surface area contributed by atoms with E-state index in [1.807, 2.05) is 25.1 Å². The summed E-state index contributed by atoms with van der Waals surface area (Å²) in [6.45, 7) is 1.90. The Balaban J connectivity index is 2.43. The fraction of sp³-hybridized carbons (Fsp3) is 0.154. The van der Waals surface area contributed by atoms with E-state index >= 15 is 0 Å². The van der Waals surface area contributed by atoms with Gasteiger partial charge in [-0.15, -0.1) is 0 Å². The first-order valence-electron chi connectivity index (χ1n) is 5.62. The first-order valence-corrected chi connectivity index (χ1v) is 6.41. The van der Waals surface area contributed by atoms with Gasteiger partial charge in [-0.2, -0.15) is 5.26 Å². The average molecular weight is 318 g/mol. The summed E-state index contributed by atoms with van der Waals surface area (Å²) in [6.07, 6.45) is 1.46. The van der Waals surface area contributed by atoms with Crippen molar-refractivity contribution in [3.63, 3.8) is 0 Å². The van der Waals surface area contributed by atoms with E-state index in [0.717, 1.165) is 15.7 Å². The number of hydrogen-bond donors (Lipinski definition) is 2. The Hall–Kier alpha value is -2.13. The average Bonchev–Trinajstić information content (AvgIpc) is 2.41. The fourth-order valence-electron chi connectivity index (χ4n) is 1.68. The quantitative estimate of drug-likeness (QED) is 0.909. The van der Waals surface area contributed by atoms with Crippen LogP contribution in [0, 0.1) is 18.3 Å². The highest BCUT2D eigenvalue weighted by atomic mass is 79.9. The number of anilines is 3. The second-order valence-corrected chi connectivity index (χ2v) is 4.66. The monoisotopic (exact) mass is 317 g/mol.